The molecule has 1 aliphatic carbocycles. The zero-order valence-corrected chi connectivity index (χ0v) is 13.3. The summed E-state index contributed by atoms with van der Waals surface area (Å²) in [5.41, 5.74) is 0. The molecular weight excluding hydrogens is 248 g/mol. The van der Waals surface area contributed by atoms with E-state index in [4.69, 9.17) is 0 Å². The molecular formula is C17H34N2O. The van der Waals surface area contributed by atoms with Gasteiger partial charge in [0, 0.05) is 12.6 Å². The van der Waals surface area contributed by atoms with Crippen molar-refractivity contribution in [2.24, 2.45) is 11.8 Å². The minimum Gasteiger partial charge on any atom is -0.396 e. The van der Waals surface area contributed by atoms with Crippen LogP contribution in [0, 0.1) is 11.8 Å². The van der Waals surface area contributed by atoms with E-state index in [0.717, 1.165) is 6.54 Å². The van der Waals surface area contributed by atoms with Gasteiger partial charge in [0.25, 0.3) is 0 Å². The molecule has 1 saturated heterocycles. The van der Waals surface area contributed by atoms with Crippen molar-refractivity contribution in [3.8, 4) is 0 Å². The molecule has 2 rings (SSSR count). The van der Waals surface area contributed by atoms with E-state index in [2.05, 4.69) is 17.1 Å². The molecule has 1 heterocycles. The first-order valence-electron chi connectivity index (χ1n) is 8.90. The van der Waals surface area contributed by atoms with Gasteiger partial charge in [0.05, 0.1) is 0 Å². The summed E-state index contributed by atoms with van der Waals surface area (Å²) in [7, 11) is 0. The van der Waals surface area contributed by atoms with Gasteiger partial charge in [0.1, 0.15) is 0 Å². The van der Waals surface area contributed by atoms with Gasteiger partial charge in [-0.15, -0.1) is 0 Å². The first-order valence-corrected chi connectivity index (χ1v) is 8.90. The van der Waals surface area contributed by atoms with Crippen molar-refractivity contribution >= 4 is 0 Å². The Bertz CT molecular complexity index is 259. The number of nitrogens with one attached hydrogen (secondary N) is 1. The van der Waals surface area contributed by atoms with Crippen LogP contribution in [0.2, 0.25) is 0 Å². The third-order valence-corrected chi connectivity index (χ3v) is 5.33. The number of nitrogens with zero attached hydrogens (tertiary/aromatic N) is 1. The van der Waals surface area contributed by atoms with E-state index in [1.165, 1.54) is 71.0 Å². The molecule has 2 N–H and O–H groups in total. The average Bonchev–Trinajstić information content (AvgIpc) is 2.71. The molecule has 0 spiro atoms. The summed E-state index contributed by atoms with van der Waals surface area (Å²) < 4.78 is 0. The van der Waals surface area contributed by atoms with E-state index in [1.807, 2.05) is 0 Å². The van der Waals surface area contributed by atoms with Crippen molar-refractivity contribution in [2.75, 3.05) is 32.8 Å². The van der Waals surface area contributed by atoms with Crippen LogP contribution in [0.1, 0.15) is 58.3 Å². The second kappa shape index (κ2) is 9.01. The molecule has 2 fully saturated rings. The minimum absolute atomic E-state index is 0.390. The number of likely N-dealkylation sites (tertiary alicyclic amines) is 1. The van der Waals surface area contributed by atoms with Gasteiger partial charge in [-0.2, -0.15) is 0 Å². The number of aliphatic hydroxyl groups is 1. The lowest BCUT2D eigenvalue weighted by atomic mass is 9.79. The highest BCUT2D eigenvalue weighted by atomic mass is 16.3. The van der Waals surface area contributed by atoms with Crippen molar-refractivity contribution in [3.63, 3.8) is 0 Å². The third kappa shape index (κ3) is 5.01. The quantitative estimate of drug-likeness (QED) is 0.786. The van der Waals surface area contributed by atoms with Crippen LogP contribution in [0.4, 0.5) is 0 Å². The molecule has 0 bridgehead atoms. The molecule has 1 saturated carbocycles. The van der Waals surface area contributed by atoms with Crippen molar-refractivity contribution in [3.05, 3.63) is 0 Å². The van der Waals surface area contributed by atoms with E-state index in [-0.39, 0.29) is 0 Å². The van der Waals surface area contributed by atoms with E-state index >= 15 is 0 Å². The van der Waals surface area contributed by atoms with Gasteiger partial charge in [-0.25, -0.2) is 0 Å². The molecule has 0 aromatic carbocycles. The molecule has 0 radical (unpaired) electrons. The zero-order chi connectivity index (χ0) is 14.2. The summed E-state index contributed by atoms with van der Waals surface area (Å²) in [6, 6.07) is 0.707. The van der Waals surface area contributed by atoms with Crippen LogP contribution in [0.3, 0.4) is 0 Å². The molecule has 3 unspecified atom stereocenters. The molecule has 3 nitrogen and oxygen atoms in total. The molecule has 0 amide bonds. The lowest BCUT2D eigenvalue weighted by Crippen LogP contribution is -2.38. The monoisotopic (exact) mass is 282 g/mol. The van der Waals surface area contributed by atoms with Crippen LogP contribution in [0.15, 0.2) is 0 Å². The Balaban J connectivity index is 1.70. The fourth-order valence-corrected chi connectivity index (χ4v) is 4.01. The smallest absolute Gasteiger partial charge is 0.0462 e. The SMILES string of the molecule is CCCN1CCCC(NCC2CCCCC2CO)CC1. The van der Waals surface area contributed by atoms with E-state index < -0.39 is 0 Å². The molecule has 3 heteroatoms. The Morgan fingerprint density at radius 2 is 1.80 bits per heavy atom. The Morgan fingerprint density at radius 1 is 1.00 bits per heavy atom. The number of hydrogen-bond acceptors (Lipinski definition) is 3. The summed E-state index contributed by atoms with van der Waals surface area (Å²) in [6.07, 6.45) is 10.5. The van der Waals surface area contributed by atoms with Crippen LogP contribution < -0.4 is 5.32 Å². The van der Waals surface area contributed by atoms with Crippen LogP contribution in [-0.2, 0) is 0 Å². The normalized spacial score (nSPS) is 33.0. The summed E-state index contributed by atoms with van der Waals surface area (Å²) in [5.74, 6) is 1.27. The second-order valence-electron chi connectivity index (χ2n) is 6.86. The highest BCUT2D eigenvalue weighted by Gasteiger charge is 2.25. The second-order valence-corrected chi connectivity index (χ2v) is 6.86. The number of rotatable bonds is 6. The highest BCUT2D eigenvalue weighted by Crippen LogP contribution is 2.29. The Kier molecular flexibility index (Phi) is 7.32. The lowest BCUT2D eigenvalue weighted by molar-refractivity contribution is 0.130. The first-order chi connectivity index (χ1) is 9.83. The molecule has 2 aliphatic rings. The fraction of sp³-hybridized carbons (Fsp3) is 1.00. The average molecular weight is 282 g/mol. The van der Waals surface area contributed by atoms with Gasteiger partial charge in [-0.05, 0) is 76.5 Å². The number of aliphatic hydroxyl groups excluding tert-OH is 1. The largest absolute Gasteiger partial charge is 0.396 e. The van der Waals surface area contributed by atoms with Crippen molar-refractivity contribution in [2.45, 2.75) is 64.3 Å². The lowest BCUT2D eigenvalue weighted by Gasteiger charge is -2.31. The standard InChI is InChI=1S/C17H34N2O/c1-2-10-19-11-5-8-17(9-12-19)18-13-15-6-3-4-7-16(15)14-20/h15-18,20H,2-14H2,1H3. The van der Waals surface area contributed by atoms with E-state index in [0.29, 0.717) is 24.5 Å². The Labute approximate surface area is 125 Å². The minimum atomic E-state index is 0.390. The summed E-state index contributed by atoms with van der Waals surface area (Å²) in [6.45, 7) is 7.61. The third-order valence-electron chi connectivity index (χ3n) is 5.33. The predicted octanol–water partition coefficient (Wildman–Crippen LogP) is 2.64. The van der Waals surface area contributed by atoms with Crippen LogP contribution in [-0.4, -0.2) is 48.8 Å². The van der Waals surface area contributed by atoms with E-state index in [9.17, 15) is 5.11 Å². The van der Waals surface area contributed by atoms with Crippen LogP contribution in [0.5, 0.6) is 0 Å². The van der Waals surface area contributed by atoms with E-state index in [1.54, 1.807) is 0 Å². The summed E-state index contributed by atoms with van der Waals surface area (Å²) in [5, 5.41) is 13.3. The topological polar surface area (TPSA) is 35.5 Å². The fourth-order valence-electron chi connectivity index (χ4n) is 4.01. The Morgan fingerprint density at radius 3 is 2.55 bits per heavy atom. The van der Waals surface area contributed by atoms with Gasteiger partial charge in [0.15, 0.2) is 0 Å². The van der Waals surface area contributed by atoms with Crippen molar-refractivity contribution < 1.29 is 5.11 Å². The van der Waals surface area contributed by atoms with Gasteiger partial charge in [-0.1, -0.05) is 19.8 Å². The molecule has 20 heavy (non-hydrogen) atoms. The molecule has 1 aliphatic heterocycles. The first kappa shape index (κ1) is 16.3. The maximum Gasteiger partial charge on any atom is 0.0462 e. The van der Waals surface area contributed by atoms with Crippen LogP contribution in [0.25, 0.3) is 0 Å². The highest BCUT2D eigenvalue weighted by molar-refractivity contribution is 4.80. The van der Waals surface area contributed by atoms with Gasteiger partial charge in [0.2, 0.25) is 0 Å². The number of hydrogen-bond donors (Lipinski definition) is 2. The molecule has 118 valence electrons. The van der Waals surface area contributed by atoms with Crippen molar-refractivity contribution in [1.29, 1.82) is 0 Å². The van der Waals surface area contributed by atoms with Gasteiger partial charge >= 0.3 is 0 Å². The molecule has 0 aromatic rings. The predicted molar refractivity (Wildman–Crippen MR) is 84.9 cm³/mol. The summed E-state index contributed by atoms with van der Waals surface area (Å²) >= 11 is 0. The maximum atomic E-state index is 9.50. The maximum absolute atomic E-state index is 9.50. The van der Waals surface area contributed by atoms with Gasteiger partial charge < -0.3 is 15.3 Å². The van der Waals surface area contributed by atoms with Crippen LogP contribution >= 0.6 is 0 Å². The molecule has 3 atom stereocenters. The van der Waals surface area contributed by atoms with Crippen molar-refractivity contribution in [1.82, 2.24) is 10.2 Å². The zero-order valence-electron chi connectivity index (χ0n) is 13.3. The molecule has 0 aromatic heterocycles. The summed E-state index contributed by atoms with van der Waals surface area (Å²) in [4.78, 5) is 2.62. The van der Waals surface area contributed by atoms with Gasteiger partial charge in [-0.3, -0.25) is 0 Å². The Hall–Kier alpha value is -0.120.